The van der Waals surface area contributed by atoms with E-state index in [1.807, 2.05) is 19.1 Å². The number of halogens is 1. The van der Waals surface area contributed by atoms with Crippen molar-refractivity contribution in [3.63, 3.8) is 0 Å². The number of aromatic nitrogens is 2. The van der Waals surface area contributed by atoms with Crippen LogP contribution in [0.4, 0.5) is 5.82 Å². The van der Waals surface area contributed by atoms with E-state index in [9.17, 15) is 13.2 Å². The zero-order valence-corrected chi connectivity index (χ0v) is 15.5. The number of sulfone groups is 1. The Hall–Kier alpha value is -1.86. The molecule has 0 saturated carbocycles. The molecule has 1 aromatic heterocycles. The van der Waals surface area contributed by atoms with E-state index in [0.717, 1.165) is 11.3 Å². The number of hydrogen-bond acceptors (Lipinski definition) is 4. The van der Waals surface area contributed by atoms with Crippen LogP contribution >= 0.6 is 11.6 Å². The molecule has 1 N–H and O–H groups in total. The Kier molecular flexibility index (Phi) is 5.15. The Morgan fingerprint density at radius 1 is 1.36 bits per heavy atom. The Morgan fingerprint density at radius 3 is 2.72 bits per heavy atom. The Labute approximate surface area is 152 Å². The van der Waals surface area contributed by atoms with Crippen LogP contribution in [-0.2, 0) is 21.1 Å². The molecule has 2 heterocycles. The van der Waals surface area contributed by atoms with Gasteiger partial charge in [0.15, 0.2) is 9.84 Å². The first-order valence-electron chi connectivity index (χ1n) is 8.13. The van der Waals surface area contributed by atoms with Gasteiger partial charge in [-0.2, -0.15) is 5.10 Å². The predicted octanol–water partition coefficient (Wildman–Crippen LogP) is 2.78. The van der Waals surface area contributed by atoms with Gasteiger partial charge in [0.05, 0.1) is 23.2 Å². The molecule has 8 heteroatoms. The molecular weight excluding hydrogens is 362 g/mol. The topological polar surface area (TPSA) is 81.1 Å². The van der Waals surface area contributed by atoms with E-state index in [4.69, 9.17) is 11.6 Å². The third-order valence-corrected chi connectivity index (χ3v) is 6.24. The highest BCUT2D eigenvalue weighted by atomic mass is 35.5. The van der Waals surface area contributed by atoms with Crippen LogP contribution in [0.5, 0.6) is 0 Å². The maximum atomic E-state index is 12.3. The monoisotopic (exact) mass is 381 g/mol. The molecule has 1 aromatic carbocycles. The van der Waals surface area contributed by atoms with Crippen LogP contribution in [0.25, 0.3) is 0 Å². The zero-order valence-electron chi connectivity index (χ0n) is 13.9. The fourth-order valence-corrected chi connectivity index (χ4v) is 4.79. The summed E-state index contributed by atoms with van der Waals surface area (Å²) >= 11 is 5.85. The number of aryl methyl sites for hydroxylation is 2. The number of nitrogens with zero attached hydrogens (tertiary/aromatic N) is 2. The normalized spacial score (nSPS) is 19.0. The van der Waals surface area contributed by atoms with Crippen molar-refractivity contribution < 1.29 is 13.2 Å². The van der Waals surface area contributed by atoms with Crippen molar-refractivity contribution in [1.29, 1.82) is 0 Å². The maximum Gasteiger partial charge on any atom is 0.225 e. The second kappa shape index (κ2) is 7.17. The van der Waals surface area contributed by atoms with E-state index in [-0.39, 0.29) is 23.5 Å². The van der Waals surface area contributed by atoms with Crippen LogP contribution < -0.4 is 5.32 Å². The third-order valence-electron chi connectivity index (χ3n) is 4.23. The number of nitrogens with one attached hydrogen (secondary N) is 1. The second-order valence-electron chi connectivity index (χ2n) is 6.35. The van der Waals surface area contributed by atoms with Crippen molar-refractivity contribution >= 4 is 33.2 Å². The van der Waals surface area contributed by atoms with Crippen LogP contribution in [0.3, 0.4) is 0 Å². The molecule has 1 amide bonds. The highest BCUT2D eigenvalue weighted by Crippen LogP contribution is 2.27. The lowest BCUT2D eigenvalue weighted by atomic mass is 10.1. The molecule has 1 fully saturated rings. The number of hydrogen-bond donors (Lipinski definition) is 1. The predicted molar refractivity (Wildman–Crippen MR) is 97.7 cm³/mol. The van der Waals surface area contributed by atoms with Crippen LogP contribution in [0.1, 0.15) is 30.1 Å². The highest BCUT2D eigenvalue weighted by molar-refractivity contribution is 7.91. The van der Waals surface area contributed by atoms with Gasteiger partial charge in [-0.1, -0.05) is 23.7 Å². The Morgan fingerprint density at radius 2 is 2.08 bits per heavy atom. The van der Waals surface area contributed by atoms with Gasteiger partial charge in [-0.05, 0) is 37.5 Å². The van der Waals surface area contributed by atoms with Gasteiger partial charge < -0.3 is 5.32 Å². The number of rotatable bonds is 5. The van der Waals surface area contributed by atoms with Crippen molar-refractivity contribution in [2.24, 2.45) is 0 Å². The SMILES string of the molecule is Cc1cc(NC(=O)CCc2ccc(Cl)cc2)n(C2CCS(=O)(=O)C2)n1. The first kappa shape index (κ1) is 17.9. The quantitative estimate of drug-likeness (QED) is 0.863. The second-order valence-corrected chi connectivity index (χ2v) is 9.01. The number of carbonyl (C=O) groups is 1. The Bertz CT molecular complexity index is 875. The summed E-state index contributed by atoms with van der Waals surface area (Å²) in [5, 5.41) is 7.89. The molecule has 1 saturated heterocycles. The van der Waals surface area contributed by atoms with E-state index < -0.39 is 9.84 Å². The molecule has 6 nitrogen and oxygen atoms in total. The molecule has 0 aliphatic carbocycles. The average Bonchev–Trinajstić information content (AvgIpc) is 3.08. The summed E-state index contributed by atoms with van der Waals surface area (Å²) < 4.78 is 25.0. The van der Waals surface area contributed by atoms with Crippen LogP contribution in [0, 0.1) is 6.92 Å². The summed E-state index contributed by atoms with van der Waals surface area (Å²) in [4.78, 5) is 12.3. The van der Waals surface area contributed by atoms with Crippen LogP contribution in [0.15, 0.2) is 30.3 Å². The summed E-state index contributed by atoms with van der Waals surface area (Å²) in [5.74, 6) is 0.667. The van der Waals surface area contributed by atoms with Gasteiger partial charge in [-0.15, -0.1) is 0 Å². The first-order chi connectivity index (χ1) is 11.8. The minimum Gasteiger partial charge on any atom is -0.311 e. The molecule has 3 rings (SSSR count). The van der Waals surface area contributed by atoms with Gasteiger partial charge in [0, 0.05) is 17.5 Å². The fourth-order valence-electron chi connectivity index (χ4n) is 2.97. The van der Waals surface area contributed by atoms with Gasteiger partial charge in [0.2, 0.25) is 5.91 Å². The minimum atomic E-state index is -3.01. The molecule has 0 bridgehead atoms. The van der Waals surface area contributed by atoms with Crippen molar-refractivity contribution in [2.75, 3.05) is 16.8 Å². The lowest BCUT2D eigenvalue weighted by Crippen LogP contribution is -2.19. The van der Waals surface area contributed by atoms with Crippen molar-refractivity contribution in [2.45, 2.75) is 32.2 Å². The van der Waals surface area contributed by atoms with E-state index in [2.05, 4.69) is 10.4 Å². The largest absolute Gasteiger partial charge is 0.311 e. The van der Waals surface area contributed by atoms with Crippen molar-refractivity contribution in [3.8, 4) is 0 Å². The molecule has 1 atom stereocenters. The molecule has 1 unspecified atom stereocenters. The molecule has 0 radical (unpaired) electrons. The molecule has 25 heavy (non-hydrogen) atoms. The van der Waals surface area contributed by atoms with E-state index in [0.29, 0.717) is 30.1 Å². The lowest BCUT2D eigenvalue weighted by Gasteiger charge is -2.13. The summed E-state index contributed by atoms with van der Waals surface area (Å²) in [6.45, 7) is 1.82. The smallest absolute Gasteiger partial charge is 0.225 e. The number of benzene rings is 1. The molecule has 134 valence electrons. The number of anilines is 1. The third kappa shape index (κ3) is 4.61. The van der Waals surface area contributed by atoms with Crippen molar-refractivity contribution in [1.82, 2.24) is 9.78 Å². The van der Waals surface area contributed by atoms with Crippen LogP contribution in [-0.4, -0.2) is 35.6 Å². The minimum absolute atomic E-state index is 0.0712. The highest BCUT2D eigenvalue weighted by Gasteiger charge is 2.31. The number of amides is 1. The molecular formula is C17H20ClN3O3S. The zero-order chi connectivity index (χ0) is 18.0. The van der Waals surface area contributed by atoms with Crippen molar-refractivity contribution in [3.05, 3.63) is 46.6 Å². The van der Waals surface area contributed by atoms with Gasteiger partial charge in [0.1, 0.15) is 5.82 Å². The summed E-state index contributed by atoms with van der Waals surface area (Å²) in [6, 6.07) is 8.94. The maximum absolute atomic E-state index is 12.3. The van der Waals surface area contributed by atoms with Crippen LogP contribution in [0.2, 0.25) is 5.02 Å². The van der Waals surface area contributed by atoms with E-state index in [1.165, 1.54) is 0 Å². The Balaban J connectivity index is 1.64. The molecule has 0 spiro atoms. The first-order valence-corrected chi connectivity index (χ1v) is 10.3. The molecule has 1 aliphatic heterocycles. The summed E-state index contributed by atoms with van der Waals surface area (Å²) in [5.41, 5.74) is 1.78. The standard InChI is InChI=1S/C17H20ClN3O3S/c1-12-10-16(21(20-12)15-8-9-25(23,24)11-15)19-17(22)7-4-13-2-5-14(18)6-3-13/h2-3,5-6,10,15H,4,7-9,11H2,1H3,(H,19,22). The van der Waals surface area contributed by atoms with E-state index >= 15 is 0 Å². The molecule has 1 aliphatic rings. The summed E-state index contributed by atoms with van der Waals surface area (Å²) in [7, 11) is -3.01. The average molecular weight is 382 g/mol. The molecule has 2 aromatic rings. The van der Waals surface area contributed by atoms with Gasteiger partial charge in [-0.25, -0.2) is 13.1 Å². The van der Waals surface area contributed by atoms with Gasteiger partial charge in [-0.3, -0.25) is 4.79 Å². The van der Waals surface area contributed by atoms with Gasteiger partial charge >= 0.3 is 0 Å². The fraction of sp³-hybridized carbons (Fsp3) is 0.412. The lowest BCUT2D eigenvalue weighted by molar-refractivity contribution is -0.116. The van der Waals surface area contributed by atoms with Gasteiger partial charge in [0.25, 0.3) is 0 Å². The van der Waals surface area contributed by atoms with E-state index in [1.54, 1.807) is 22.9 Å². The summed E-state index contributed by atoms with van der Waals surface area (Å²) in [6.07, 6.45) is 1.46. The number of carbonyl (C=O) groups excluding carboxylic acids is 1.